The molecule has 7 heteroatoms. The second-order valence-electron chi connectivity index (χ2n) is 8.65. The molecule has 0 amide bonds. The van der Waals surface area contributed by atoms with Crippen LogP contribution in [0.2, 0.25) is 0 Å². The fraction of sp³-hybridized carbons (Fsp3) is 0.609. The highest BCUT2D eigenvalue weighted by Crippen LogP contribution is 2.26. The summed E-state index contributed by atoms with van der Waals surface area (Å²) in [6, 6.07) is 7.13. The van der Waals surface area contributed by atoms with E-state index in [1.807, 2.05) is 18.5 Å². The van der Waals surface area contributed by atoms with Gasteiger partial charge in [-0.05, 0) is 44.7 Å². The molecule has 0 spiro atoms. The normalized spacial score (nSPS) is 20.7. The molecule has 2 aliphatic rings. The summed E-state index contributed by atoms with van der Waals surface area (Å²) in [6.07, 6.45) is 5.08. The monoisotopic (exact) mass is 410 g/mol. The van der Waals surface area contributed by atoms with Crippen LogP contribution < -0.4 is 5.32 Å². The molecule has 1 aliphatic carbocycles. The molecule has 0 bridgehead atoms. The van der Waals surface area contributed by atoms with E-state index in [1.165, 1.54) is 42.4 Å². The van der Waals surface area contributed by atoms with E-state index < -0.39 is 0 Å². The van der Waals surface area contributed by atoms with Crippen molar-refractivity contribution in [1.82, 2.24) is 25.0 Å². The number of morpholine rings is 1. The Hall–Kier alpha value is -2.41. The third-order valence-electron chi connectivity index (χ3n) is 6.38. The van der Waals surface area contributed by atoms with E-state index in [1.54, 1.807) is 0 Å². The summed E-state index contributed by atoms with van der Waals surface area (Å²) in [4.78, 5) is 7.33. The maximum absolute atomic E-state index is 6.17. The molecule has 4 rings (SSSR count). The Morgan fingerprint density at radius 2 is 2.00 bits per heavy atom. The molecule has 1 atom stereocenters. The average molecular weight is 411 g/mol. The first-order valence-electron chi connectivity index (χ1n) is 11.1. The second-order valence-corrected chi connectivity index (χ2v) is 8.65. The number of aliphatic imine (C=N–C) groups is 1. The van der Waals surface area contributed by atoms with Gasteiger partial charge in [0.2, 0.25) is 0 Å². The van der Waals surface area contributed by atoms with E-state index in [2.05, 4.69) is 52.5 Å². The third kappa shape index (κ3) is 4.67. The van der Waals surface area contributed by atoms with Gasteiger partial charge in [0.25, 0.3) is 0 Å². The largest absolute Gasteiger partial charge is 0.370 e. The number of nitrogens with zero attached hydrogens (tertiary/aromatic N) is 5. The molecule has 162 valence electrons. The topological polar surface area (TPSA) is 67.6 Å². The van der Waals surface area contributed by atoms with Crippen molar-refractivity contribution in [3.8, 4) is 0 Å². The van der Waals surface area contributed by atoms with Gasteiger partial charge in [-0.1, -0.05) is 36.6 Å². The van der Waals surface area contributed by atoms with Crippen molar-refractivity contribution in [2.45, 2.75) is 65.1 Å². The summed E-state index contributed by atoms with van der Waals surface area (Å²) in [6.45, 7) is 9.15. The second kappa shape index (κ2) is 9.16. The van der Waals surface area contributed by atoms with Gasteiger partial charge in [-0.2, -0.15) is 0 Å². The Morgan fingerprint density at radius 3 is 2.70 bits per heavy atom. The zero-order valence-corrected chi connectivity index (χ0v) is 18.7. The van der Waals surface area contributed by atoms with Gasteiger partial charge in [0, 0.05) is 19.6 Å². The predicted molar refractivity (Wildman–Crippen MR) is 118 cm³/mol. The first-order chi connectivity index (χ1) is 14.5. The zero-order valence-electron chi connectivity index (χ0n) is 18.7. The van der Waals surface area contributed by atoms with Gasteiger partial charge in [-0.3, -0.25) is 0 Å². The maximum Gasteiger partial charge on any atom is 0.194 e. The SMILES string of the molecule is Cc1ccc(C2CN(C(=NCc3nnc(C)n3C)NC3CCCC3)CCO2)c(C)c1. The minimum atomic E-state index is 0.0620. The Bertz CT molecular complexity index is 899. The summed E-state index contributed by atoms with van der Waals surface area (Å²) in [5.74, 6) is 2.77. The van der Waals surface area contributed by atoms with Crippen LogP contribution in [0.4, 0.5) is 0 Å². The molecule has 1 aliphatic heterocycles. The van der Waals surface area contributed by atoms with Crippen molar-refractivity contribution in [2.24, 2.45) is 12.0 Å². The highest BCUT2D eigenvalue weighted by atomic mass is 16.5. The summed E-state index contributed by atoms with van der Waals surface area (Å²) in [7, 11) is 2.00. The van der Waals surface area contributed by atoms with Crippen LogP contribution in [0.5, 0.6) is 0 Å². The molecular weight excluding hydrogens is 376 g/mol. The lowest BCUT2D eigenvalue weighted by Crippen LogP contribution is -2.50. The summed E-state index contributed by atoms with van der Waals surface area (Å²) in [5, 5.41) is 12.2. The fourth-order valence-corrected chi connectivity index (χ4v) is 4.44. The quantitative estimate of drug-likeness (QED) is 0.619. The highest BCUT2D eigenvalue weighted by molar-refractivity contribution is 5.80. The number of guanidine groups is 1. The van der Waals surface area contributed by atoms with E-state index in [-0.39, 0.29) is 6.10 Å². The molecule has 1 unspecified atom stereocenters. The van der Waals surface area contributed by atoms with Gasteiger partial charge in [-0.15, -0.1) is 10.2 Å². The van der Waals surface area contributed by atoms with Crippen LogP contribution in [-0.4, -0.2) is 51.4 Å². The lowest BCUT2D eigenvalue weighted by atomic mass is 10.00. The van der Waals surface area contributed by atoms with Crippen molar-refractivity contribution in [1.29, 1.82) is 0 Å². The molecule has 7 nitrogen and oxygen atoms in total. The fourth-order valence-electron chi connectivity index (χ4n) is 4.44. The van der Waals surface area contributed by atoms with Gasteiger partial charge >= 0.3 is 0 Å². The number of benzene rings is 1. The highest BCUT2D eigenvalue weighted by Gasteiger charge is 2.27. The van der Waals surface area contributed by atoms with Crippen molar-refractivity contribution in [3.63, 3.8) is 0 Å². The van der Waals surface area contributed by atoms with Gasteiger partial charge in [0.1, 0.15) is 18.5 Å². The average Bonchev–Trinajstić information content (AvgIpc) is 3.36. The van der Waals surface area contributed by atoms with E-state index in [4.69, 9.17) is 9.73 Å². The molecular formula is C23H34N6O. The molecule has 0 radical (unpaired) electrons. The van der Waals surface area contributed by atoms with E-state index >= 15 is 0 Å². The number of ether oxygens (including phenoxy) is 1. The summed E-state index contributed by atoms with van der Waals surface area (Å²) in [5.41, 5.74) is 3.85. The number of aryl methyl sites for hydroxylation is 3. The molecule has 1 saturated carbocycles. The van der Waals surface area contributed by atoms with Gasteiger partial charge in [-0.25, -0.2) is 4.99 Å². The van der Waals surface area contributed by atoms with Crippen LogP contribution in [0.15, 0.2) is 23.2 Å². The summed E-state index contributed by atoms with van der Waals surface area (Å²) >= 11 is 0. The molecule has 1 saturated heterocycles. The lowest BCUT2D eigenvalue weighted by molar-refractivity contribution is -0.00857. The number of hydrogen-bond donors (Lipinski definition) is 1. The Kier molecular flexibility index (Phi) is 6.37. The minimum absolute atomic E-state index is 0.0620. The Balaban J connectivity index is 1.54. The predicted octanol–water partition coefficient (Wildman–Crippen LogP) is 3.20. The van der Waals surface area contributed by atoms with Gasteiger partial charge in [0.05, 0.1) is 13.2 Å². The van der Waals surface area contributed by atoms with Crippen LogP contribution in [0.1, 0.15) is 60.1 Å². The van der Waals surface area contributed by atoms with Crippen LogP contribution in [0.3, 0.4) is 0 Å². The first kappa shape index (κ1) is 20.8. The first-order valence-corrected chi connectivity index (χ1v) is 11.1. The maximum atomic E-state index is 6.17. The van der Waals surface area contributed by atoms with E-state index in [9.17, 15) is 0 Å². The molecule has 2 fully saturated rings. The van der Waals surface area contributed by atoms with E-state index in [0.717, 1.165) is 30.7 Å². The smallest absolute Gasteiger partial charge is 0.194 e. The number of nitrogens with one attached hydrogen (secondary N) is 1. The van der Waals surface area contributed by atoms with Gasteiger partial charge < -0.3 is 19.5 Å². The molecule has 1 aromatic heterocycles. The Labute approximate surface area is 179 Å². The molecule has 2 heterocycles. The Morgan fingerprint density at radius 1 is 1.20 bits per heavy atom. The zero-order chi connectivity index (χ0) is 21.1. The van der Waals surface area contributed by atoms with E-state index in [0.29, 0.717) is 19.2 Å². The molecule has 2 aromatic rings. The van der Waals surface area contributed by atoms with Crippen LogP contribution >= 0.6 is 0 Å². The molecule has 30 heavy (non-hydrogen) atoms. The molecule has 1 N–H and O–H groups in total. The van der Waals surface area contributed by atoms with Crippen LogP contribution in [0.25, 0.3) is 0 Å². The van der Waals surface area contributed by atoms with Crippen molar-refractivity contribution in [3.05, 3.63) is 46.5 Å². The van der Waals surface area contributed by atoms with Crippen LogP contribution in [0, 0.1) is 20.8 Å². The van der Waals surface area contributed by atoms with Crippen molar-refractivity contribution < 1.29 is 4.74 Å². The molecule has 1 aromatic carbocycles. The van der Waals surface area contributed by atoms with Crippen molar-refractivity contribution >= 4 is 5.96 Å². The van der Waals surface area contributed by atoms with Crippen LogP contribution in [-0.2, 0) is 18.3 Å². The standard InChI is InChI=1S/C23H34N6O/c1-16-9-10-20(17(2)13-16)21-15-29(11-12-30-21)23(25-19-7-5-6-8-19)24-14-22-27-26-18(3)28(22)4/h9-10,13,19,21H,5-8,11-12,14-15H2,1-4H3,(H,24,25). The van der Waals surface area contributed by atoms with Crippen molar-refractivity contribution in [2.75, 3.05) is 19.7 Å². The number of rotatable bonds is 4. The number of aromatic nitrogens is 3. The number of hydrogen-bond acceptors (Lipinski definition) is 4. The third-order valence-corrected chi connectivity index (χ3v) is 6.38. The van der Waals surface area contributed by atoms with Gasteiger partial charge in [0.15, 0.2) is 11.8 Å². The minimum Gasteiger partial charge on any atom is -0.370 e. The summed E-state index contributed by atoms with van der Waals surface area (Å²) < 4.78 is 8.18. The lowest BCUT2D eigenvalue weighted by Gasteiger charge is -2.36.